The van der Waals surface area contributed by atoms with Crippen molar-refractivity contribution >= 4 is 14.2 Å². The maximum absolute atomic E-state index is 13.8. The molecule has 0 amide bonds. The Morgan fingerprint density at radius 1 is 1.00 bits per heavy atom. The van der Waals surface area contributed by atoms with Crippen LogP contribution in [0.4, 0.5) is 27.7 Å². The molecule has 1 aromatic carbocycles. The second kappa shape index (κ2) is 8.60. The highest BCUT2D eigenvalue weighted by molar-refractivity contribution is 6.67. The van der Waals surface area contributed by atoms with Gasteiger partial charge in [-0.15, -0.1) is 0 Å². The molecule has 1 rings (SSSR count). The molecule has 0 heterocycles. The van der Waals surface area contributed by atoms with Gasteiger partial charge >= 0.3 is 8.56 Å². The van der Waals surface area contributed by atoms with Gasteiger partial charge in [0.15, 0.2) is 23.3 Å². The third-order valence-electron chi connectivity index (χ3n) is 3.79. The van der Waals surface area contributed by atoms with E-state index in [-0.39, 0.29) is 18.1 Å². The van der Waals surface area contributed by atoms with E-state index in [9.17, 15) is 22.0 Å². The molecule has 0 aliphatic carbocycles. The lowest BCUT2D eigenvalue weighted by Crippen LogP contribution is -2.39. The van der Waals surface area contributed by atoms with Gasteiger partial charge in [0, 0.05) is 20.3 Å². The van der Waals surface area contributed by atoms with Crippen molar-refractivity contribution in [3.63, 3.8) is 0 Å². The quantitative estimate of drug-likeness (QED) is 0.163. The largest absolute Gasteiger partial charge is 0.398 e. The number of rotatable bonds is 9. The van der Waals surface area contributed by atoms with Gasteiger partial charge in [-0.2, -0.15) is 0 Å². The van der Waals surface area contributed by atoms with Crippen LogP contribution >= 0.6 is 0 Å². The van der Waals surface area contributed by atoms with Crippen molar-refractivity contribution in [3.8, 4) is 0 Å². The molecule has 0 bridgehead atoms. The molecule has 1 aromatic rings. The fourth-order valence-electron chi connectivity index (χ4n) is 2.26. The monoisotopic (exact) mass is 357 g/mol. The Morgan fingerprint density at radius 3 is 2.13 bits per heavy atom. The van der Waals surface area contributed by atoms with Crippen molar-refractivity contribution < 1.29 is 30.9 Å². The first kappa shape index (κ1) is 19.9. The number of unbranched alkanes of at least 4 members (excludes halogenated alkanes) is 1. The predicted octanol–water partition coefficient (Wildman–Crippen LogP) is 4.47. The molecule has 0 aromatic heterocycles. The van der Waals surface area contributed by atoms with E-state index in [0.717, 1.165) is 6.04 Å². The molecule has 132 valence electrons. The van der Waals surface area contributed by atoms with Gasteiger partial charge in [-0.05, 0) is 24.9 Å². The molecule has 0 N–H and O–H groups in total. The van der Waals surface area contributed by atoms with Gasteiger partial charge in [-0.3, -0.25) is 0 Å². The minimum Gasteiger partial charge on any atom is -0.398 e. The van der Waals surface area contributed by atoms with E-state index in [0.29, 0.717) is 18.5 Å². The maximum Gasteiger partial charge on any atom is 0.337 e. The summed E-state index contributed by atoms with van der Waals surface area (Å²) in [5, 5.41) is -0.129. The molecule has 23 heavy (non-hydrogen) atoms. The second-order valence-corrected chi connectivity index (χ2v) is 8.88. The summed E-state index contributed by atoms with van der Waals surface area (Å²) in [5.41, 5.74) is -0.959. The normalized spacial score (nSPS) is 11.8. The molecule has 0 unspecified atom stereocenters. The zero-order chi connectivity index (χ0) is 17.6. The van der Waals surface area contributed by atoms with Crippen LogP contribution < -0.4 is 5.12 Å². The Labute approximate surface area is 133 Å². The molecule has 0 atom stereocenters. The fourth-order valence-corrected chi connectivity index (χ4v) is 4.55. The predicted molar refractivity (Wildman–Crippen MR) is 79.0 cm³/mol. The zero-order valence-electron chi connectivity index (χ0n) is 13.3. The molecule has 9 heteroatoms. The van der Waals surface area contributed by atoms with E-state index in [1.165, 1.54) is 0 Å². The Kier molecular flexibility index (Phi) is 7.42. The van der Waals surface area contributed by atoms with Gasteiger partial charge in [-0.25, -0.2) is 22.7 Å². The highest BCUT2D eigenvalue weighted by Crippen LogP contribution is 2.27. The summed E-state index contributed by atoms with van der Waals surface area (Å²) in [6.45, 7) is 1.64. The summed E-state index contributed by atoms with van der Waals surface area (Å²) in [5.74, 6) is -7.38. The first-order chi connectivity index (χ1) is 10.8. The Morgan fingerprint density at radius 2 is 1.61 bits per heavy atom. The first-order valence-corrected chi connectivity index (χ1v) is 9.41. The number of benzene rings is 1. The van der Waals surface area contributed by atoms with Crippen LogP contribution in [-0.2, 0) is 8.85 Å². The molecule has 0 aliphatic rings. The third kappa shape index (κ3) is 4.64. The van der Waals surface area contributed by atoms with Gasteiger partial charge in [-0.1, -0.05) is 11.4 Å². The molecule has 0 spiro atoms. The van der Waals surface area contributed by atoms with Crippen LogP contribution in [0.15, 0.2) is 6.07 Å². The van der Waals surface area contributed by atoms with Crippen LogP contribution in [0.25, 0.3) is 0 Å². The lowest BCUT2D eigenvalue weighted by Gasteiger charge is -2.26. The molecule has 0 saturated heterocycles. The van der Waals surface area contributed by atoms with E-state index in [2.05, 4.69) is 0 Å². The van der Waals surface area contributed by atoms with Gasteiger partial charge < -0.3 is 8.85 Å². The summed E-state index contributed by atoms with van der Waals surface area (Å²) in [6, 6.07) is 1.63. The van der Waals surface area contributed by atoms with E-state index < -0.39 is 37.5 Å². The van der Waals surface area contributed by atoms with Crippen molar-refractivity contribution in [2.75, 3.05) is 25.9 Å². The number of nitrogens with zero attached hydrogens (tertiary/aromatic N) is 1. The van der Waals surface area contributed by atoms with E-state index in [1.54, 1.807) is 14.2 Å². The molecule has 0 radical (unpaired) electrons. The molecular formula is C14H20F5NO2Si. The number of hydrogen-bond acceptors (Lipinski definition) is 3. The maximum atomic E-state index is 13.8. The number of hydrogen-bond donors (Lipinski definition) is 0. The average molecular weight is 357 g/mol. The molecular weight excluding hydrogens is 337 g/mol. The van der Waals surface area contributed by atoms with Crippen molar-refractivity contribution in [2.45, 2.75) is 31.9 Å². The SMILES string of the molecule is CC[Si](CCCCN(F)c1cc(F)c(F)c(F)c1F)(OC)OC. The minimum absolute atomic E-state index is 0.129. The highest BCUT2D eigenvalue weighted by atomic mass is 28.4. The van der Waals surface area contributed by atoms with Gasteiger partial charge in [0.05, 0.1) is 6.54 Å². The first-order valence-electron chi connectivity index (χ1n) is 7.18. The van der Waals surface area contributed by atoms with Crippen LogP contribution in [0, 0.1) is 23.3 Å². The van der Waals surface area contributed by atoms with Crippen molar-refractivity contribution in [3.05, 3.63) is 29.3 Å². The molecule has 0 saturated carbocycles. The summed E-state index contributed by atoms with van der Waals surface area (Å²) in [7, 11) is 0.822. The zero-order valence-corrected chi connectivity index (χ0v) is 14.3. The van der Waals surface area contributed by atoms with E-state index in [4.69, 9.17) is 8.85 Å². The smallest absolute Gasteiger partial charge is 0.337 e. The van der Waals surface area contributed by atoms with Crippen LogP contribution in [0.2, 0.25) is 12.1 Å². The van der Waals surface area contributed by atoms with Crippen molar-refractivity contribution in [1.29, 1.82) is 0 Å². The van der Waals surface area contributed by atoms with Crippen LogP contribution in [0.1, 0.15) is 19.8 Å². The average Bonchev–Trinajstić information content (AvgIpc) is 2.56. The number of anilines is 1. The topological polar surface area (TPSA) is 21.7 Å². The van der Waals surface area contributed by atoms with Crippen LogP contribution in [0.3, 0.4) is 0 Å². The molecule has 0 aliphatic heterocycles. The van der Waals surface area contributed by atoms with E-state index >= 15 is 0 Å². The lowest BCUT2D eigenvalue weighted by atomic mass is 10.2. The van der Waals surface area contributed by atoms with Crippen LogP contribution in [0.5, 0.6) is 0 Å². The Hall–Kier alpha value is -1.19. The minimum atomic E-state index is -2.29. The third-order valence-corrected chi connectivity index (χ3v) is 7.47. The highest BCUT2D eigenvalue weighted by Gasteiger charge is 2.32. The van der Waals surface area contributed by atoms with Crippen molar-refractivity contribution in [1.82, 2.24) is 0 Å². The Balaban J connectivity index is 2.63. The standard InChI is InChI=1S/C14H20F5NO2Si/c1-4-23(21-2,22-3)8-6-5-7-20(19)11-9-10(15)12(16)14(18)13(11)17/h9H,4-8H2,1-3H3. The van der Waals surface area contributed by atoms with Gasteiger partial charge in [0.2, 0.25) is 0 Å². The summed E-state index contributed by atoms with van der Waals surface area (Å²) in [4.78, 5) is 0. The fraction of sp³-hybridized carbons (Fsp3) is 0.571. The molecule has 3 nitrogen and oxygen atoms in total. The van der Waals surface area contributed by atoms with Gasteiger partial charge in [0.25, 0.3) is 0 Å². The summed E-state index contributed by atoms with van der Waals surface area (Å²) < 4.78 is 77.1. The van der Waals surface area contributed by atoms with E-state index in [1.807, 2.05) is 6.92 Å². The van der Waals surface area contributed by atoms with Gasteiger partial charge in [0.1, 0.15) is 5.69 Å². The lowest BCUT2D eigenvalue weighted by molar-refractivity contribution is 0.241. The second-order valence-electron chi connectivity index (χ2n) is 5.03. The van der Waals surface area contributed by atoms with Crippen LogP contribution in [-0.4, -0.2) is 29.3 Å². The summed E-state index contributed by atoms with van der Waals surface area (Å²) in [6.07, 6.45) is 0.827. The number of halogens is 5. The van der Waals surface area contributed by atoms with Crippen molar-refractivity contribution in [2.24, 2.45) is 0 Å². The molecule has 0 fully saturated rings. The Bertz CT molecular complexity index is 520. The summed E-state index contributed by atoms with van der Waals surface area (Å²) >= 11 is 0.